The normalized spacial score (nSPS) is 20.2. The van der Waals surface area contributed by atoms with E-state index in [2.05, 4.69) is 21.9 Å². The van der Waals surface area contributed by atoms with Crippen LogP contribution in [0.5, 0.6) is 0 Å². The fourth-order valence-corrected chi connectivity index (χ4v) is 5.08. The number of ether oxygens (including phenoxy) is 1. The van der Waals surface area contributed by atoms with Crippen molar-refractivity contribution >= 4 is 28.8 Å². The van der Waals surface area contributed by atoms with Gasteiger partial charge >= 0.3 is 5.97 Å². The SMILES string of the molecule is CCOC(=O)c1ccc(N2CCN(C/C3=C(\c4ccc(Cl)cc4)CCCCCC3)CC2)cc1. The fourth-order valence-electron chi connectivity index (χ4n) is 4.95. The molecule has 0 N–H and O–H groups in total. The molecule has 4 rings (SSSR count). The summed E-state index contributed by atoms with van der Waals surface area (Å²) < 4.78 is 5.09. The van der Waals surface area contributed by atoms with Crippen molar-refractivity contribution in [1.82, 2.24) is 4.90 Å². The van der Waals surface area contributed by atoms with E-state index in [1.54, 1.807) is 11.1 Å². The van der Waals surface area contributed by atoms with Gasteiger partial charge in [-0.25, -0.2) is 4.79 Å². The molecule has 5 heteroatoms. The number of benzene rings is 2. The summed E-state index contributed by atoms with van der Waals surface area (Å²) in [6.07, 6.45) is 7.61. The monoisotopic (exact) mass is 466 g/mol. The Morgan fingerprint density at radius 2 is 1.55 bits per heavy atom. The summed E-state index contributed by atoms with van der Waals surface area (Å²) in [5.74, 6) is -0.252. The summed E-state index contributed by atoms with van der Waals surface area (Å²) in [7, 11) is 0. The van der Waals surface area contributed by atoms with Gasteiger partial charge in [-0.15, -0.1) is 0 Å². The van der Waals surface area contributed by atoms with E-state index >= 15 is 0 Å². The zero-order chi connectivity index (χ0) is 23.0. The lowest BCUT2D eigenvalue weighted by Gasteiger charge is -2.37. The van der Waals surface area contributed by atoms with Crippen LogP contribution >= 0.6 is 11.6 Å². The van der Waals surface area contributed by atoms with Crippen molar-refractivity contribution in [2.45, 2.75) is 45.4 Å². The van der Waals surface area contributed by atoms with Gasteiger partial charge in [0.2, 0.25) is 0 Å². The van der Waals surface area contributed by atoms with Crippen LogP contribution in [-0.2, 0) is 4.74 Å². The van der Waals surface area contributed by atoms with Crippen molar-refractivity contribution in [1.29, 1.82) is 0 Å². The molecule has 0 amide bonds. The summed E-state index contributed by atoms with van der Waals surface area (Å²) in [6.45, 7) is 7.40. The number of hydrogen-bond acceptors (Lipinski definition) is 4. The number of rotatable bonds is 6. The number of halogens is 1. The molecule has 1 saturated heterocycles. The molecule has 0 spiro atoms. The number of carbonyl (C=O) groups excluding carboxylic acids is 1. The van der Waals surface area contributed by atoms with E-state index in [0.717, 1.165) is 37.7 Å². The highest BCUT2D eigenvalue weighted by Gasteiger charge is 2.21. The first-order valence-corrected chi connectivity index (χ1v) is 12.7. The van der Waals surface area contributed by atoms with Crippen LogP contribution in [0.1, 0.15) is 61.4 Å². The lowest BCUT2D eigenvalue weighted by molar-refractivity contribution is 0.0526. The summed E-state index contributed by atoms with van der Waals surface area (Å²) in [4.78, 5) is 16.9. The Labute approximate surface area is 203 Å². The lowest BCUT2D eigenvalue weighted by Crippen LogP contribution is -2.47. The highest BCUT2D eigenvalue weighted by molar-refractivity contribution is 6.30. The average molecular weight is 467 g/mol. The molecule has 1 heterocycles. The Hall–Kier alpha value is -2.30. The van der Waals surface area contributed by atoms with E-state index in [9.17, 15) is 4.79 Å². The average Bonchev–Trinajstić information content (AvgIpc) is 2.83. The zero-order valence-corrected chi connectivity index (χ0v) is 20.4. The first kappa shape index (κ1) is 23.8. The van der Waals surface area contributed by atoms with Crippen molar-refractivity contribution < 1.29 is 9.53 Å². The van der Waals surface area contributed by atoms with Crippen molar-refractivity contribution in [3.05, 3.63) is 70.3 Å². The van der Waals surface area contributed by atoms with Crippen molar-refractivity contribution in [2.75, 3.05) is 44.2 Å². The third kappa shape index (κ3) is 6.39. The first-order chi connectivity index (χ1) is 16.1. The molecule has 33 heavy (non-hydrogen) atoms. The maximum atomic E-state index is 11.9. The number of piperazine rings is 1. The molecule has 176 valence electrons. The molecule has 2 aliphatic rings. The van der Waals surface area contributed by atoms with E-state index in [1.807, 2.05) is 43.3 Å². The zero-order valence-electron chi connectivity index (χ0n) is 19.7. The quantitative estimate of drug-likeness (QED) is 0.458. The first-order valence-electron chi connectivity index (χ1n) is 12.4. The minimum atomic E-state index is -0.252. The molecule has 0 radical (unpaired) electrons. The van der Waals surface area contributed by atoms with Crippen LogP contribution in [-0.4, -0.2) is 50.2 Å². The van der Waals surface area contributed by atoms with Gasteiger partial charge < -0.3 is 9.64 Å². The fraction of sp³-hybridized carbons (Fsp3) is 0.464. The Bertz CT molecular complexity index is 945. The van der Waals surface area contributed by atoms with E-state index in [1.165, 1.54) is 49.8 Å². The van der Waals surface area contributed by atoms with Gasteiger partial charge in [0, 0.05) is 43.4 Å². The molecule has 1 fully saturated rings. The van der Waals surface area contributed by atoms with E-state index in [-0.39, 0.29) is 5.97 Å². The molecule has 4 nitrogen and oxygen atoms in total. The highest BCUT2D eigenvalue weighted by atomic mass is 35.5. The topological polar surface area (TPSA) is 32.8 Å². The second-order valence-corrected chi connectivity index (χ2v) is 9.47. The Morgan fingerprint density at radius 1 is 0.879 bits per heavy atom. The van der Waals surface area contributed by atoms with E-state index < -0.39 is 0 Å². The number of anilines is 1. The number of nitrogens with zero attached hydrogens (tertiary/aromatic N) is 2. The molecule has 0 bridgehead atoms. The van der Waals surface area contributed by atoms with Crippen LogP contribution in [0.15, 0.2) is 54.1 Å². The minimum Gasteiger partial charge on any atom is -0.462 e. The van der Waals surface area contributed by atoms with Crippen molar-refractivity contribution in [3.63, 3.8) is 0 Å². The van der Waals surface area contributed by atoms with Gasteiger partial charge in [0.1, 0.15) is 0 Å². The van der Waals surface area contributed by atoms with Crippen molar-refractivity contribution in [2.24, 2.45) is 0 Å². The summed E-state index contributed by atoms with van der Waals surface area (Å²) >= 11 is 6.15. The third-order valence-electron chi connectivity index (χ3n) is 6.81. The van der Waals surface area contributed by atoms with Gasteiger partial charge in [0.05, 0.1) is 12.2 Å². The molecule has 2 aromatic carbocycles. The smallest absolute Gasteiger partial charge is 0.338 e. The van der Waals surface area contributed by atoms with Crippen LogP contribution in [0, 0.1) is 0 Å². The molecule has 0 aromatic heterocycles. The van der Waals surface area contributed by atoms with Gasteiger partial charge in [-0.3, -0.25) is 4.90 Å². The molecule has 2 aromatic rings. The van der Waals surface area contributed by atoms with Gasteiger partial charge in [0.15, 0.2) is 0 Å². The minimum absolute atomic E-state index is 0.252. The van der Waals surface area contributed by atoms with Crippen molar-refractivity contribution in [3.8, 4) is 0 Å². The van der Waals surface area contributed by atoms with Gasteiger partial charge in [0.25, 0.3) is 0 Å². The van der Waals surface area contributed by atoms with Gasteiger partial charge in [-0.05, 0) is 80.1 Å². The predicted molar refractivity (Wildman–Crippen MR) is 137 cm³/mol. The standard InChI is InChI=1S/C28H35ClN2O2/c1-2-33-28(32)23-11-15-26(16-12-23)31-19-17-30(18-20-31)21-24-7-5-3-4-6-8-27(24)22-9-13-25(29)14-10-22/h9-16H,2-8,17-21H2,1H3/b27-24-. The number of hydrogen-bond donors (Lipinski definition) is 0. The highest BCUT2D eigenvalue weighted by Crippen LogP contribution is 2.32. The Kier molecular flexibility index (Phi) is 8.46. The molecular formula is C28H35ClN2O2. The van der Waals surface area contributed by atoms with Crippen LogP contribution < -0.4 is 4.90 Å². The van der Waals surface area contributed by atoms with Crippen LogP contribution in [0.4, 0.5) is 5.69 Å². The largest absolute Gasteiger partial charge is 0.462 e. The van der Waals surface area contributed by atoms with Crippen LogP contribution in [0.2, 0.25) is 5.02 Å². The second-order valence-electron chi connectivity index (χ2n) is 9.03. The van der Waals surface area contributed by atoms with E-state index in [0.29, 0.717) is 12.2 Å². The Balaban J connectivity index is 1.40. The molecule has 1 aliphatic carbocycles. The number of allylic oxidation sites excluding steroid dienone is 1. The molecule has 0 saturated carbocycles. The molecule has 0 unspecified atom stereocenters. The summed E-state index contributed by atoms with van der Waals surface area (Å²) in [6, 6.07) is 16.2. The molecule has 1 aliphatic heterocycles. The number of carbonyl (C=O) groups is 1. The van der Waals surface area contributed by atoms with Gasteiger partial charge in [-0.2, -0.15) is 0 Å². The maximum Gasteiger partial charge on any atom is 0.338 e. The van der Waals surface area contributed by atoms with Gasteiger partial charge in [-0.1, -0.05) is 42.1 Å². The maximum absolute atomic E-state index is 11.9. The summed E-state index contributed by atoms with van der Waals surface area (Å²) in [5.41, 5.74) is 6.30. The molecular weight excluding hydrogens is 432 g/mol. The summed E-state index contributed by atoms with van der Waals surface area (Å²) in [5, 5.41) is 0.804. The third-order valence-corrected chi connectivity index (χ3v) is 7.06. The number of esters is 1. The second kappa shape index (κ2) is 11.7. The van der Waals surface area contributed by atoms with Crippen LogP contribution in [0.25, 0.3) is 5.57 Å². The van der Waals surface area contributed by atoms with E-state index in [4.69, 9.17) is 16.3 Å². The molecule has 0 atom stereocenters. The lowest BCUT2D eigenvalue weighted by atomic mass is 9.88. The van der Waals surface area contributed by atoms with Crippen LogP contribution in [0.3, 0.4) is 0 Å². The Morgan fingerprint density at radius 3 is 2.21 bits per heavy atom. The predicted octanol–water partition coefficient (Wildman–Crippen LogP) is 6.45.